The lowest BCUT2D eigenvalue weighted by atomic mass is 9.94. The minimum Gasteiger partial charge on any atom is -0.493 e. The maximum Gasteiger partial charge on any atom is 0.263 e. The predicted molar refractivity (Wildman–Crippen MR) is 104 cm³/mol. The Morgan fingerprint density at radius 3 is 2.52 bits per heavy atom. The Bertz CT molecular complexity index is 718. The molecule has 1 unspecified atom stereocenters. The first-order chi connectivity index (χ1) is 13.0. The van der Waals surface area contributed by atoms with Crippen LogP contribution in [-0.2, 0) is 4.79 Å². The number of rotatable bonds is 7. The van der Waals surface area contributed by atoms with E-state index in [1.165, 1.54) is 19.3 Å². The quantitative estimate of drug-likeness (QED) is 0.586. The molecular weight excluding hydrogens is 342 g/mol. The maximum atomic E-state index is 12.6. The summed E-state index contributed by atoms with van der Waals surface area (Å²) in [5.74, 6) is 0.859. The lowest BCUT2D eigenvalue weighted by Crippen LogP contribution is -2.32. The topological polar surface area (TPSA) is 74.6 Å². The SMILES string of the molecule is COc1ccc(C(C)NC(=O)/C(C#N)=C\N(C)C2CCCCC2)cc1OC. The molecule has 0 aromatic heterocycles. The van der Waals surface area contributed by atoms with E-state index < -0.39 is 0 Å². The van der Waals surface area contributed by atoms with Crippen molar-refractivity contribution in [2.75, 3.05) is 21.3 Å². The fourth-order valence-corrected chi connectivity index (χ4v) is 3.42. The second kappa shape index (κ2) is 9.86. The fraction of sp³-hybridized carbons (Fsp3) is 0.524. The minimum absolute atomic E-state index is 0.121. The van der Waals surface area contributed by atoms with E-state index in [0.717, 1.165) is 18.4 Å². The Hall–Kier alpha value is -2.68. The number of hydrogen-bond donors (Lipinski definition) is 1. The smallest absolute Gasteiger partial charge is 0.263 e. The average Bonchev–Trinajstić information content (AvgIpc) is 2.71. The van der Waals surface area contributed by atoms with Gasteiger partial charge in [0.05, 0.1) is 20.3 Å². The lowest BCUT2D eigenvalue weighted by molar-refractivity contribution is -0.117. The third kappa shape index (κ3) is 5.40. The molecule has 1 saturated carbocycles. The van der Waals surface area contributed by atoms with E-state index >= 15 is 0 Å². The van der Waals surface area contributed by atoms with Gasteiger partial charge in [0, 0.05) is 19.3 Å². The van der Waals surface area contributed by atoms with E-state index in [1.807, 2.05) is 37.1 Å². The summed E-state index contributed by atoms with van der Waals surface area (Å²) in [4.78, 5) is 14.6. The van der Waals surface area contributed by atoms with Crippen LogP contribution < -0.4 is 14.8 Å². The van der Waals surface area contributed by atoms with Crippen molar-refractivity contribution in [1.82, 2.24) is 10.2 Å². The number of nitrogens with one attached hydrogen (secondary N) is 1. The first kappa shape index (κ1) is 20.6. The molecule has 0 heterocycles. The van der Waals surface area contributed by atoms with E-state index in [1.54, 1.807) is 26.5 Å². The molecule has 0 aliphatic heterocycles. The number of benzene rings is 1. The molecule has 6 nitrogen and oxygen atoms in total. The number of amides is 1. The molecule has 1 N–H and O–H groups in total. The van der Waals surface area contributed by atoms with Crippen LogP contribution in [0.1, 0.15) is 50.6 Å². The molecule has 1 atom stereocenters. The van der Waals surface area contributed by atoms with E-state index in [-0.39, 0.29) is 17.5 Å². The fourth-order valence-electron chi connectivity index (χ4n) is 3.42. The highest BCUT2D eigenvalue weighted by atomic mass is 16.5. The van der Waals surface area contributed by atoms with Gasteiger partial charge in [-0.3, -0.25) is 4.79 Å². The molecule has 1 aliphatic rings. The molecule has 146 valence electrons. The zero-order valence-corrected chi connectivity index (χ0v) is 16.6. The largest absolute Gasteiger partial charge is 0.493 e. The third-order valence-electron chi connectivity index (χ3n) is 5.10. The van der Waals surface area contributed by atoms with Crippen molar-refractivity contribution in [3.63, 3.8) is 0 Å². The molecule has 0 saturated heterocycles. The molecule has 27 heavy (non-hydrogen) atoms. The molecule has 1 amide bonds. The summed E-state index contributed by atoms with van der Waals surface area (Å²) in [6.45, 7) is 1.87. The van der Waals surface area contributed by atoms with Gasteiger partial charge in [0.1, 0.15) is 11.6 Å². The van der Waals surface area contributed by atoms with Gasteiger partial charge in [-0.2, -0.15) is 5.26 Å². The van der Waals surface area contributed by atoms with Crippen molar-refractivity contribution in [3.8, 4) is 17.6 Å². The molecule has 0 spiro atoms. The standard InChI is InChI=1S/C21H29N3O3/c1-15(16-10-11-19(26-3)20(12-16)27-4)23-21(25)17(13-22)14-24(2)18-8-6-5-7-9-18/h10-12,14-15,18H,5-9H2,1-4H3,(H,23,25)/b17-14-. The highest BCUT2D eigenvalue weighted by Crippen LogP contribution is 2.30. The molecule has 0 bridgehead atoms. The highest BCUT2D eigenvalue weighted by molar-refractivity contribution is 5.97. The predicted octanol–water partition coefficient (Wildman–Crippen LogP) is 3.55. The number of ether oxygens (including phenoxy) is 2. The van der Waals surface area contributed by atoms with Crippen LogP contribution in [-0.4, -0.2) is 38.1 Å². The first-order valence-electron chi connectivity index (χ1n) is 9.36. The zero-order valence-electron chi connectivity index (χ0n) is 16.6. The van der Waals surface area contributed by atoms with Gasteiger partial charge in [0.2, 0.25) is 0 Å². The number of methoxy groups -OCH3 is 2. The monoisotopic (exact) mass is 371 g/mol. The van der Waals surface area contributed by atoms with Crippen LogP contribution in [0, 0.1) is 11.3 Å². The Kier molecular flexibility index (Phi) is 7.54. The van der Waals surface area contributed by atoms with Crippen molar-refractivity contribution in [2.45, 2.75) is 51.1 Å². The highest BCUT2D eigenvalue weighted by Gasteiger charge is 2.19. The van der Waals surface area contributed by atoms with Gasteiger partial charge >= 0.3 is 0 Å². The molecule has 1 aromatic carbocycles. The summed E-state index contributed by atoms with van der Waals surface area (Å²) in [6.07, 6.45) is 7.56. The second-order valence-electron chi connectivity index (χ2n) is 6.92. The Labute approximate surface area is 161 Å². The molecule has 1 aromatic rings. The van der Waals surface area contributed by atoms with Crippen LogP contribution in [0.2, 0.25) is 0 Å². The van der Waals surface area contributed by atoms with Gasteiger partial charge in [-0.1, -0.05) is 25.3 Å². The summed E-state index contributed by atoms with van der Waals surface area (Å²) in [5, 5.41) is 12.3. The number of carbonyl (C=O) groups is 1. The summed E-state index contributed by atoms with van der Waals surface area (Å²) < 4.78 is 10.6. The van der Waals surface area contributed by atoms with Crippen LogP contribution >= 0.6 is 0 Å². The van der Waals surface area contributed by atoms with Crippen molar-refractivity contribution >= 4 is 5.91 Å². The molecule has 2 rings (SSSR count). The number of nitrogens with zero attached hydrogens (tertiary/aromatic N) is 2. The van der Waals surface area contributed by atoms with E-state index in [2.05, 4.69) is 5.32 Å². The molecule has 6 heteroatoms. The zero-order chi connectivity index (χ0) is 19.8. The second-order valence-corrected chi connectivity index (χ2v) is 6.92. The summed E-state index contributed by atoms with van der Waals surface area (Å²) >= 11 is 0. The van der Waals surface area contributed by atoms with Gasteiger partial charge in [0.15, 0.2) is 11.5 Å². The van der Waals surface area contributed by atoms with Crippen molar-refractivity contribution in [1.29, 1.82) is 5.26 Å². The lowest BCUT2D eigenvalue weighted by Gasteiger charge is -2.30. The maximum absolute atomic E-state index is 12.6. The normalized spacial score (nSPS) is 16.2. The Morgan fingerprint density at radius 2 is 1.93 bits per heavy atom. The molecule has 1 fully saturated rings. The first-order valence-corrected chi connectivity index (χ1v) is 9.36. The average molecular weight is 371 g/mol. The van der Waals surface area contributed by atoms with E-state index in [9.17, 15) is 10.1 Å². The number of nitriles is 1. The minimum atomic E-state index is -0.373. The molecule has 1 aliphatic carbocycles. The number of carbonyl (C=O) groups excluding carboxylic acids is 1. The van der Waals surface area contributed by atoms with Gasteiger partial charge in [0.25, 0.3) is 5.91 Å². The van der Waals surface area contributed by atoms with E-state index in [0.29, 0.717) is 17.5 Å². The van der Waals surface area contributed by atoms with E-state index in [4.69, 9.17) is 9.47 Å². The summed E-state index contributed by atoms with van der Waals surface area (Å²) in [6, 6.07) is 7.66. The third-order valence-corrected chi connectivity index (χ3v) is 5.10. The molecular formula is C21H29N3O3. The summed E-state index contributed by atoms with van der Waals surface area (Å²) in [5.41, 5.74) is 0.995. The van der Waals surface area contributed by atoms with Crippen LogP contribution in [0.5, 0.6) is 11.5 Å². The van der Waals surface area contributed by atoms with Crippen LogP contribution in [0.25, 0.3) is 0 Å². The van der Waals surface area contributed by atoms with Gasteiger partial charge < -0.3 is 19.7 Å². The summed E-state index contributed by atoms with van der Waals surface area (Å²) in [7, 11) is 5.09. The Balaban J connectivity index is 2.07. The van der Waals surface area contributed by atoms with Crippen LogP contribution in [0.15, 0.2) is 30.0 Å². The van der Waals surface area contributed by atoms with Crippen molar-refractivity contribution in [2.24, 2.45) is 0 Å². The van der Waals surface area contributed by atoms with Gasteiger partial charge in [-0.05, 0) is 37.5 Å². The molecule has 0 radical (unpaired) electrons. The Morgan fingerprint density at radius 1 is 1.26 bits per heavy atom. The van der Waals surface area contributed by atoms with Gasteiger partial charge in [-0.25, -0.2) is 0 Å². The van der Waals surface area contributed by atoms with Crippen molar-refractivity contribution < 1.29 is 14.3 Å². The van der Waals surface area contributed by atoms with Crippen LogP contribution in [0.3, 0.4) is 0 Å². The van der Waals surface area contributed by atoms with Crippen LogP contribution in [0.4, 0.5) is 0 Å². The van der Waals surface area contributed by atoms with Crippen molar-refractivity contribution in [3.05, 3.63) is 35.5 Å². The van der Waals surface area contributed by atoms with Gasteiger partial charge in [-0.15, -0.1) is 0 Å². The number of hydrogen-bond acceptors (Lipinski definition) is 5.